The Kier molecular flexibility index (Phi) is 6.05. The number of morpholine rings is 1. The minimum Gasteiger partial charge on any atom is -0.464 e. The van der Waals surface area contributed by atoms with Crippen LogP contribution in [0.5, 0.6) is 0 Å². The molecule has 9 heteroatoms. The lowest BCUT2D eigenvalue weighted by Crippen LogP contribution is -2.40. The zero-order chi connectivity index (χ0) is 19.6. The summed E-state index contributed by atoms with van der Waals surface area (Å²) in [5.74, 6) is 1.02. The first-order chi connectivity index (χ1) is 12.8. The predicted octanol–water partition coefficient (Wildman–Crippen LogP) is 2.86. The van der Waals surface area contributed by atoms with Gasteiger partial charge in [0, 0.05) is 23.1 Å². The Balaban J connectivity index is 1.83. The molecule has 1 aromatic heterocycles. The number of sulfonamides is 1. The van der Waals surface area contributed by atoms with E-state index in [9.17, 15) is 13.2 Å². The molecule has 0 saturated carbocycles. The Morgan fingerprint density at radius 3 is 2.56 bits per heavy atom. The number of benzene rings is 1. The maximum Gasteiger partial charge on any atom is 0.251 e. The molecule has 146 valence electrons. The predicted molar refractivity (Wildman–Crippen MR) is 103 cm³/mol. The van der Waals surface area contributed by atoms with Crippen LogP contribution in [-0.2, 0) is 14.8 Å². The molecule has 0 bridgehead atoms. The van der Waals surface area contributed by atoms with Crippen LogP contribution < -0.4 is 5.32 Å². The van der Waals surface area contributed by atoms with Crippen molar-refractivity contribution in [2.45, 2.75) is 24.8 Å². The molecule has 2 heterocycles. The molecule has 1 aliphatic rings. The summed E-state index contributed by atoms with van der Waals surface area (Å²) >= 11 is 3.29. The largest absolute Gasteiger partial charge is 0.464 e. The standard InChI is InChI=1S/C18H21BrN2O5S/c1-12-3-6-16(26-12)13(2)20-18(22)14-4-5-15(19)17(11-14)27(23,24)21-7-9-25-10-8-21/h3-6,11,13H,7-10H2,1-2H3,(H,20,22). The van der Waals surface area contributed by atoms with Gasteiger partial charge < -0.3 is 14.5 Å². The van der Waals surface area contributed by atoms with Crippen molar-refractivity contribution in [1.29, 1.82) is 0 Å². The first-order valence-electron chi connectivity index (χ1n) is 8.53. The first-order valence-corrected chi connectivity index (χ1v) is 10.8. The summed E-state index contributed by atoms with van der Waals surface area (Å²) in [7, 11) is -3.72. The normalized spacial score (nSPS) is 16.9. The van der Waals surface area contributed by atoms with E-state index in [0.29, 0.717) is 36.5 Å². The third-order valence-electron chi connectivity index (χ3n) is 4.32. The van der Waals surface area contributed by atoms with Crippen molar-refractivity contribution in [1.82, 2.24) is 9.62 Å². The van der Waals surface area contributed by atoms with Crippen molar-refractivity contribution in [2.24, 2.45) is 0 Å². The maximum absolute atomic E-state index is 12.9. The molecule has 7 nitrogen and oxygen atoms in total. The fourth-order valence-corrected chi connectivity index (χ4v) is 5.16. The van der Waals surface area contributed by atoms with Crippen LogP contribution in [0.1, 0.15) is 34.8 Å². The van der Waals surface area contributed by atoms with Gasteiger partial charge in [0.05, 0.1) is 24.2 Å². The summed E-state index contributed by atoms with van der Waals surface area (Å²) in [4.78, 5) is 12.7. The smallest absolute Gasteiger partial charge is 0.251 e. The molecule has 1 N–H and O–H groups in total. The third-order valence-corrected chi connectivity index (χ3v) is 7.21. The van der Waals surface area contributed by atoms with E-state index in [-0.39, 0.29) is 22.4 Å². The van der Waals surface area contributed by atoms with Gasteiger partial charge in [-0.25, -0.2) is 8.42 Å². The molecule has 1 aromatic carbocycles. The van der Waals surface area contributed by atoms with Gasteiger partial charge in [-0.15, -0.1) is 0 Å². The van der Waals surface area contributed by atoms with Crippen LogP contribution in [0.4, 0.5) is 0 Å². The summed E-state index contributed by atoms with van der Waals surface area (Å²) < 4.78 is 38.4. The third kappa shape index (κ3) is 4.43. The molecular formula is C18H21BrN2O5S. The van der Waals surface area contributed by atoms with Crippen molar-refractivity contribution in [3.8, 4) is 0 Å². The number of nitrogens with one attached hydrogen (secondary N) is 1. The second kappa shape index (κ2) is 8.14. The molecule has 1 aliphatic heterocycles. The molecule has 1 saturated heterocycles. The highest BCUT2D eigenvalue weighted by Crippen LogP contribution is 2.27. The van der Waals surface area contributed by atoms with Gasteiger partial charge in [-0.2, -0.15) is 4.31 Å². The van der Waals surface area contributed by atoms with Crippen LogP contribution in [0.15, 0.2) is 44.1 Å². The van der Waals surface area contributed by atoms with Gasteiger partial charge in [0.25, 0.3) is 5.91 Å². The van der Waals surface area contributed by atoms with Crippen molar-refractivity contribution < 1.29 is 22.4 Å². The molecular weight excluding hydrogens is 436 g/mol. The van der Waals surface area contributed by atoms with Crippen LogP contribution in [0.3, 0.4) is 0 Å². The van der Waals surface area contributed by atoms with E-state index in [0.717, 1.165) is 5.76 Å². The lowest BCUT2D eigenvalue weighted by molar-refractivity contribution is 0.0730. The minimum absolute atomic E-state index is 0.0681. The van der Waals surface area contributed by atoms with E-state index < -0.39 is 10.0 Å². The molecule has 0 radical (unpaired) electrons. The Hall–Kier alpha value is -1.68. The number of carbonyl (C=O) groups excluding carboxylic acids is 1. The van der Waals surface area contributed by atoms with Crippen molar-refractivity contribution in [2.75, 3.05) is 26.3 Å². The summed E-state index contributed by atoms with van der Waals surface area (Å²) in [6.45, 7) is 4.93. The quantitative estimate of drug-likeness (QED) is 0.746. The number of hydrogen-bond donors (Lipinski definition) is 1. The second-order valence-electron chi connectivity index (χ2n) is 6.31. The fourth-order valence-electron chi connectivity index (χ4n) is 2.81. The second-order valence-corrected chi connectivity index (χ2v) is 9.07. The zero-order valence-electron chi connectivity index (χ0n) is 15.1. The number of ether oxygens (including phenoxy) is 1. The fraction of sp³-hybridized carbons (Fsp3) is 0.389. The number of nitrogens with zero attached hydrogens (tertiary/aromatic N) is 1. The number of hydrogen-bond acceptors (Lipinski definition) is 5. The molecule has 1 amide bonds. The summed E-state index contributed by atoms with van der Waals surface area (Å²) in [6.07, 6.45) is 0. The summed E-state index contributed by atoms with van der Waals surface area (Å²) in [6, 6.07) is 7.83. The average molecular weight is 457 g/mol. The highest BCUT2D eigenvalue weighted by atomic mass is 79.9. The van der Waals surface area contributed by atoms with E-state index in [1.807, 2.05) is 13.0 Å². The van der Waals surface area contributed by atoms with Gasteiger partial charge in [0.1, 0.15) is 11.5 Å². The summed E-state index contributed by atoms with van der Waals surface area (Å²) in [5, 5.41) is 2.83. The zero-order valence-corrected chi connectivity index (χ0v) is 17.5. The Bertz CT molecular complexity index is 935. The minimum atomic E-state index is -3.72. The lowest BCUT2D eigenvalue weighted by atomic mass is 10.2. The number of aryl methyl sites for hydroxylation is 1. The van der Waals surface area contributed by atoms with Gasteiger partial charge in [-0.05, 0) is 60.1 Å². The van der Waals surface area contributed by atoms with Gasteiger partial charge >= 0.3 is 0 Å². The van der Waals surface area contributed by atoms with Crippen LogP contribution >= 0.6 is 15.9 Å². The van der Waals surface area contributed by atoms with Crippen molar-refractivity contribution in [3.63, 3.8) is 0 Å². The van der Waals surface area contributed by atoms with E-state index in [2.05, 4.69) is 21.2 Å². The Morgan fingerprint density at radius 2 is 1.93 bits per heavy atom. The number of halogens is 1. The highest BCUT2D eigenvalue weighted by molar-refractivity contribution is 9.10. The molecule has 2 aromatic rings. The number of rotatable bonds is 5. The molecule has 3 rings (SSSR count). The number of furan rings is 1. The SMILES string of the molecule is Cc1ccc(C(C)NC(=O)c2ccc(Br)c(S(=O)(=O)N3CCOCC3)c2)o1. The highest BCUT2D eigenvalue weighted by Gasteiger charge is 2.29. The maximum atomic E-state index is 12.9. The van der Waals surface area contributed by atoms with Crippen LogP contribution in [-0.4, -0.2) is 44.9 Å². The lowest BCUT2D eigenvalue weighted by Gasteiger charge is -2.26. The topological polar surface area (TPSA) is 88.9 Å². The average Bonchev–Trinajstić information content (AvgIpc) is 3.09. The van der Waals surface area contributed by atoms with Crippen LogP contribution in [0, 0.1) is 6.92 Å². The molecule has 27 heavy (non-hydrogen) atoms. The van der Waals surface area contributed by atoms with E-state index in [4.69, 9.17) is 9.15 Å². The Labute approximate surface area is 166 Å². The van der Waals surface area contributed by atoms with Crippen molar-refractivity contribution in [3.05, 3.63) is 51.9 Å². The monoisotopic (exact) mass is 456 g/mol. The van der Waals surface area contributed by atoms with Crippen LogP contribution in [0.2, 0.25) is 0 Å². The van der Waals surface area contributed by atoms with Gasteiger partial charge in [-0.1, -0.05) is 0 Å². The van der Waals surface area contributed by atoms with Crippen LogP contribution in [0.25, 0.3) is 0 Å². The number of carbonyl (C=O) groups is 1. The first kappa shape index (κ1) is 20.1. The molecule has 1 unspecified atom stereocenters. The number of amides is 1. The van der Waals surface area contributed by atoms with E-state index in [1.54, 1.807) is 25.1 Å². The van der Waals surface area contributed by atoms with E-state index in [1.165, 1.54) is 10.4 Å². The van der Waals surface area contributed by atoms with E-state index >= 15 is 0 Å². The van der Waals surface area contributed by atoms with Gasteiger partial charge in [0.15, 0.2) is 0 Å². The molecule has 1 atom stereocenters. The molecule has 1 fully saturated rings. The van der Waals surface area contributed by atoms with Gasteiger partial charge in [-0.3, -0.25) is 4.79 Å². The molecule has 0 spiro atoms. The molecule has 0 aliphatic carbocycles. The Morgan fingerprint density at radius 1 is 1.22 bits per heavy atom. The van der Waals surface area contributed by atoms with Gasteiger partial charge in [0.2, 0.25) is 10.0 Å². The van der Waals surface area contributed by atoms with Crippen molar-refractivity contribution >= 4 is 31.9 Å². The summed E-state index contributed by atoms with van der Waals surface area (Å²) in [5.41, 5.74) is 0.264.